The first-order chi connectivity index (χ1) is 9.26. The zero-order valence-electron chi connectivity index (χ0n) is 10.9. The van der Waals surface area contributed by atoms with Crippen molar-refractivity contribution in [3.05, 3.63) is 41.8 Å². The van der Waals surface area contributed by atoms with Gasteiger partial charge in [0.15, 0.2) is 5.82 Å². The molecule has 0 radical (unpaired) electrons. The van der Waals surface area contributed by atoms with Gasteiger partial charge in [-0.3, -0.25) is 0 Å². The van der Waals surface area contributed by atoms with Gasteiger partial charge in [0.2, 0.25) is 0 Å². The third kappa shape index (κ3) is 2.72. The Labute approximate surface area is 111 Å². The van der Waals surface area contributed by atoms with E-state index in [1.807, 2.05) is 19.1 Å². The summed E-state index contributed by atoms with van der Waals surface area (Å²) in [6.45, 7) is 2.84. The molecule has 3 rings (SSSR count). The van der Waals surface area contributed by atoms with Crippen molar-refractivity contribution in [3.63, 3.8) is 0 Å². The molecule has 0 amide bonds. The Morgan fingerprint density at radius 2 is 2.11 bits per heavy atom. The molecule has 1 aliphatic carbocycles. The fourth-order valence-corrected chi connectivity index (χ4v) is 2.08. The lowest BCUT2D eigenvalue weighted by Gasteiger charge is -2.08. The van der Waals surface area contributed by atoms with Crippen molar-refractivity contribution in [2.24, 2.45) is 0 Å². The van der Waals surface area contributed by atoms with Gasteiger partial charge in [-0.2, -0.15) is 0 Å². The van der Waals surface area contributed by atoms with E-state index in [4.69, 9.17) is 0 Å². The second-order valence-corrected chi connectivity index (χ2v) is 4.82. The zero-order chi connectivity index (χ0) is 13.2. The molecule has 2 aromatic rings. The van der Waals surface area contributed by atoms with Crippen LogP contribution in [0.2, 0.25) is 0 Å². The summed E-state index contributed by atoms with van der Waals surface area (Å²) in [6.07, 6.45) is 2.37. The van der Waals surface area contributed by atoms with Crippen molar-refractivity contribution in [3.8, 4) is 11.4 Å². The molecule has 3 nitrogen and oxygen atoms in total. The summed E-state index contributed by atoms with van der Waals surface area (Å²) in [6, 6.07) is 8.43. The Morgan fingerprint density at radius 1 is 1.26 bits per heavy atom. The maximum absolute atomic E-state index is 13.3. The fraction of sp³-hybridized carbons (Fsp3) is 0.333. The van der Waals surface area contributed by atoms with Gasteiger partial charge in [-0.15, -0.1) is 0 Å². The number of rotatable bonds is 4. The molecule has 0 saturated heterocycles. The largest absolute Gasteiger partial charge is 0.370 e. The Kier molecular flexibility index (Phi) is 3.15. The molecule has 1 N–H and O–H groups in total. The van der Waals surface area contributed by atoms with Crippen LogP contribution >= 0.6 is 0 Å². The highest BCUT2D eigenvalue weighted by Crippen LogP contribution is 2.40. The van der Waals surface area contributed by atoms with E-state index in [-0.39, 0.29) is 5.82 Å². The molecule has 0 atom stereocenters. The van der Waals surface area contributed by atoms with Crippen LogP contribution in [-0.2, 0) is 0 Å². The lowest BCUT2D eigenvalue weighted by atomic mass is 10.2. The SMILES string of the molecule is CCNc1cc(C2CC2)nc(-c2cccc(F)c2)n1. The Bertz CT molecular complexity index is 594. The highest BCUT2D eigenvalue weighted by atomic mass is 19.1. The molecule has 0 spiro atoms. The zero-order valence-corrected chi connectivity index (χ0v) is 10.9. The van der Waals surface area contributed by atoms with E-state index in [1.165, 1.54) is 25.0 Å². The molecule has 19 heavy (non-hydrogen) atoms. The molecule has 1 aromatic heterocycles. The average molecular weight is 257 g/mol. The first kappa shape index (κ1) is 12.1. The number of nitrogens with one attached hydrogen (secondary N) is 1. The second-order valence-electron chi connectivity index (χ2n) is 4.82. The van der Waals surface area contributed by atoms with Crippen molar-refractivity contribution in [1.82, 2.24) is 9.97 Å². The van der Waals surface area contributed by atoms with Crippen LogP contribution in [0.1, 0.15) is 31.4 Å². The van der Waals surface area contributed by atoms with Crippen molar-refractivity contribution in [2.45, 2.75) is 25.7 Å². The van der Waals surface area contributed by atoms with Crippen molar-refractivity contribution >= 4 is 5.82 Å². The molecule has 4 heteroatoms. The second kappa shape index (κ2) is 4.96. The molecule has 98 valence electrons. The van der Waals surface area contributed by atoms with Crippen LogP contribution in [0, 0.1) is 5.82 Å². The Hall–Kier alpha value is -1.97. The highest BCUT2D eigenvalue weighted by molar-refractivity contribution is 5.58. The number of nitrogens with zero attached hydrogens (tertiary/aromatic N) is 2. The topological polar surface area (TPSA) is 37.8 Å². The molecule has 0 aliphatic heterocycles. The van der Waals surface area contributed by atoms with Gasteiger partial charge in [0, 0.05) is 29.8 Å². The monoisotopic (exact) mass is 257 g/mol. The molecular formula is C15H16FN3. The lowest BCUT2D eigenvalue weighted by Crippen LogP contribution is -2.03. The summed E-state index contributed by atoms with van der Waals surface area (Å²) in [5.74, 6) is 1.70. The number of aromatic nitrogens is 2. The van der Waals surface area contributed by atoms with Gasteiger partial charge in [0.05, 0.1) is 0 Å². The summed E-state index contributed by atoms with van der Waals surface area (Å²) in [4.78, 5) is 9.03. The molecule has 1 fully saturated rings. The molecule has 1 saturated carbocycles. The van der Waals surface area contributed by atoms with Crippen molar-refractivity contribution < 1.29 is 4.39 Å². The van der Waals surface area contributed by atoms with E-state index in [2.05, 4.69) is 15.3 Å². The Balaban J connectivity index is 2.03. The molecule has 1 aromatic carbocycles. The van der Waals surface area contributed by atoms with Gasteiger partial charge in [-0.05, 0) is 31.9 Å². The van der Waals surface area contributed by atoms with Gasteiger partial charge < -0.3 is 5.32 Å². The number of halogens is 1. The first-order valence-corrected chi connectivity index (χ1v) is 6.65. The summed E-state index contributed by atoms with van der Waals surface area (Å²) < 4.78 is 13.3. The molecular weight excluding hydrogens is 241 g/mol. The minimum absolute atomic E-state index is 0.261. The third-order valence-electron chi connectivity index (χ3n) is 3.18. The van der Waals surface area contributed by atoms with E-state index in [1.54, 1.807) is 6.07 Å². The molecule has 0 unspecified atom stereocenters. The predicted octanol–water partition coefficient (Wildman–Crippen LogP) is 3.59. The van der Waals surface area contributed by atoms with Crippen molar-refractivity contribution in [2.75, 3.05) is 11.9 Å². The first-order valence-electron chi connectivity index (χ1n) is 6.65. The van der Waals surface area contributed by atoms with Crippen LogP contribution < -0.4 is 5.32 Å². The number of hydrogen-bond acceptors (Lipinski definition) is 3. The number of benzene rings is 1. The van der Waals surface area contributed by atoms with Gasteiger partial charge in [-0.25, -0.2) is 14.4 Å². The number of anilines is 1. The minimum atomic E-state index is -0.261. The number of hydrogen-bond donors (Lipinski definition) is 1. The lowest BCUT2D eigenvalue weighted by molar-refractivity contribution is 0.628. The molecule has 1 heterocycles. The Morgan fingerprint density at radius 3 is 2.79 bits per heavy atom. The maximum Gasteiger partial charge on any atom is 0.161 e. The third-order valence-corrected chi connectivity index (χ3v) is 3.18. The normalized spacial score (nSPS) is 14.4. The molecule has 0 bridgehead atoms. The van der Waals surface area contributed by atoms with E-state index in [0.717, 1.165) is 23.6 Å². The van der Waals surface area contributed by atoms with E-state index < -0.39 is 0 Å². The highest BCUT2D eigenvalue weighted by Gasteiger charge is 2.26. The van der Waals surface area contributed by atoms with E-state index in [9.17, 15) is 4.39 Å². The molecule has 1 aliphatic rings. The predicted molar refractivity (Wildman–Crippen MR) is 73.6 cm³/mol. The summed E-state index contributed by atoms with van der Waals surface area (Å²) >= 11 is 0. The van der Waals surface area contributed by atoms with Crippen LogP contribution in [-0.4, -0.2) is 16.5 Å². The average Bonchev–Trinajstić information content (AvgIpc) is 3.23. The van der Waals surface area contributed by atoms with Crippen molar-refractivity contribution in [1.29, 1.82) is 0 Å². The van der Waals surface area contributed by atoms with Gasteiger partial charge in [0.1, 0.15) is 11.6 Å². The van der Waals surface area contributed by atoms with Crippen LogP contribution in [0.4, 0.5) is 10.2 Å². The summed E-state index contributed by atoms with van der Waals surface area (Å²) in [7, 11) is 0. The van der Waals surface area contributed by atoms with Gasteiger partial charge >= 0.3 is 0 Å². The van der Waals surface area contributed by atoms with Gasteiger partial charge in [0.25, 0.3) is 0 Å². The maximum atomic E-state index is 13.3. The van der Waals surface area contributed by atoms with Crippen LogP contribution in [0.5, 0.6) is 0 Å². The van der Waals surface area contributed by atoms with Crippen LogP contribution in [0.15, 0.2) is 30.3 Å². The van der Waals surface area contributed by atoms with E-state index >= 15 is 0 Å². The standard InChI is InChI=1S/C15H16FN3/c1-2-17-14-9-13(10-6-7-10)18-15(19-14)11-4-3-5-12(16)8-11/h3-5,8-10H,2,6-7H2,1H3,(H,17,18,19). The quantitative estimate of drug-likeness (QED) is 0.909. The van der Waals surface area contributed by atoms with Crippen LogP contribution in [0.25, 0.3) is 11.4 Å². The van der Waals surface area contributed by atoms with E-state index in [0.29, 0.717) is 11.7 Å². The smallest absolute Gasteiger partial charge is 0.161 e. The van der Waals surface area contributed by atoms with Gasteiger partial charge in [-0.1, -0.05) is 12.1 Å². The fourth-order valence-electron chi connectivity index (χ4n) is 2.08. The summed E-state index contributed by atoms with van der Waals surface area (Å²) in [5.41, 5.74) is 1.78. The summed E-state index contributed by atoms with van der Waals surface area (Å²) in [5, 5.41) is 3.21. The minimum Gasteiger partial charge on any atom is -0.370 e. The van der Waals surface area contributed by atoms with Crippen LogP contribution in [0.3, 0.4) is 0 Å².